The van der Waals surface area contributed by atoms with E-state index in [0.717, 1.165) is 19.4 Å². The Kier molecular flexibility index (Phi) is 4.97. The van der Waals surface area contributed by atoms with E-state index in [9.17, 15) is 5.11 Å². The molecule has 1 heterocycles. The molecule has 1 fully saturated rings. The van der Waals surface area contributed by atoms with Gasteiger partial charge in [-0.25, -0.2) is 0 Å². The number of nitrogens with two attached hydrogens (primary N) is 1. The minimum absolute atomic E-state index is 0.208. The summed E-state index contributed by atoms with van der Waals surface area (Å²) in [4.78, 5) is 2.50. The van der Waals surface area contributed by atoms with Crippen molar-refractivity contribution in [2.24, 2.45) is 11.7 Å². The second-order valence-corrected chi connectivity index (χ2v) is 5.79. The first kappa shape index (κ1) is 14.5. The summed E-state index contributed by atoms with van der Waals surface area (Å²) in [7, 11) is 0. The van der Waals surface area contributed by atoms with Crippen LogP contribution in [0, 0.1) is 5.92 Å². The van der Waals surface area contributed by atoms with E-state index in [2.05, 4.69) is 43.0 Å². The van der Waals surface area contributed by atoms with Gasteiger partial charge in [0.2, 0.25) is 0 Å². The highest BCUT2D eigenvalue weighted by Crippen LogP contribution is 2.31. The highest BCUT2D eigenvalue weighted by Gasteiger charge is 2.37. The Balaban J connectivity index is 2.09. The molecule has 3 nitrogen and oxygen atoms in total. The Hall–Kier alpha value is -0.900. The summed E-state index contributed by atoms with van der Waals surface area (Å²) in [5.41, 5.74) is 7.02. The number of aliphatic hydroxyl groups excluding tert-OH is 1. The minimum Gasteiger partial charge on any atom is -0.393 e. The molecule has 2 rings (SSSR count). The molecular weight excluding hydrogens is 236 g/mol. The van der Waals surface area contributed by atoms with E-state index in [-0.39, 0.29) is 6.10 Å². The van der Waals surface area contributed by atoms with Gasteiger partial charge in [-0.05, 0) is 38.8 Å². The largest absolute Gasteiger partial charge is 0.393 e. The molecule has 0 bridgehead atoms. The molecule has 1 aromatic carbocycles. The molecule has 0 aliphatic carbocycles. The fourth-order valence-electron chi connectivity index (χ4n) is 3.35. The molecule has 3 N–H and O–H groups in total. The Morgan fingerprint density at radius 3 is 2.58 bits per heavy atom. The van der Waals surface area contributed by atoms with Crippen molar-refractivity contribution in [2.45, 2.75) is 51.4 Å². The first-order valence-corrected chi connectivity index (χ1v) is 7.31. The number of likely N-dealkylation sites (tertiary alicyclic amines) is 1. The molecule has 3 heteroatoms. The van der Waals surface area contributed by atoms with Crippen molar-refractivity contribution in [3.05, 3.63) is 35.9 Å². The average molecular weight is 262 g/mol. The van der Waals surface area contributed by atoms with E-state index in [0.29, 0.717) is 24.5 Å². The zero-order valence-corrected chi connectivity index (χ0v) is 12.0. The number of piperidine rings is 1. The second-order valence-electron chi connectivity index (χ2n) is 5.79. The van der Waals surface area contributed by atoms with Crippen molar-refractivity contribution in [1.29, 1.82) is 0 Å². The third-order valence-corrected chi connectivity index (χ3v) is 4.49. The van der Waals surface area contributed by atoms with Crippen LogP contribution in [0.5, 0.6) is 0 Å². The molecule has 19 heavy (non-hydrogen) atoms. The lowest BCUT2D eigenvalue weighted by Gasteiger charge is -2.46. The van der Waals surface area contributed by atoms with Gasteiger partial charge < -0.3 is 10.8 Å². The van der Waals surface area contributed by atoms with Crippen LogP contribution in [0.3, 0.4) is 0 Å². The predicted molar refractivity (Wildman–Crippen MR) is 78.7 cm³/mol. The van der Waals surface area contributed by atoms with E-state index in [4.69, 9.17) is 5.73 Å². The SMILES string of the molecule is C[C@@H]1CC(O)C(CCN)[C@H](C)N1Cc1ccccc1. The van der Waals surface area contributed by atoms with E-state index < -0.39 is 0 Å². The zero-order chi connectivity index (χ0) is 13.8. The molecule has 1 aliphatic rings. The third-order valence-electron chi connectivity index (χ3n) is 4.49. The van der Waals surface area contributed by atoms with Crippen molar-refractivity contribution < 1.29 is 5.11 Å². The number of hydrogen-bond acceptors (Lipinski definition) is 3. The van der Waals surface area contributed by atoms with Gasteiger partial charge in [0, 0.05) is 24.5 Å². The summed E-state index contributed by atoms with van der Waals surface area (Å²) in [5.74, 6) is 0.296. The fourth-order valence-corrected chi connectivity index (χ4v) is 3.35. The van der Waals surface area contributed by atoms with Gasteiger partial charge in [-0.15, -0.1) is 0 Å². The fraction of sp³-hybridized carbons (Fsp3) is 0.625. The molecule has 1 saturated heterocycles. The van der Waals surface area contributed by atoms with Gasteiger partial charge in [0.05, 0.1) is 6.10 Å². The first-order chi connectivity index (χ1) is 9.13. The Morgan fingerprint density at radius 1 is 1.26 bits per heavy atom. The number of hydrogen-bond donors (Lipinski definition) is 2. The molecule has 4 atom stereocenters. The topological polar surface area (TPSA) is 49.5 Å². The molecule has 0 spiro atoms. The van der Waals surface area contributed by atoms with Crippen molar-refractivity contribution in [3.63, 3.8) is 0 Å². The van der Waals surface area contributed by atoms with E-state index >= 15 is 0 Å². The summed E-state index contributed by atoms with van der Waals surface area (Å²) in [6.07, 6.45) is 1.54. The average Bonchev–Trinajstić information content (AvgIpc) is 2.41. The van der Waals surface area contributed by atoms with Crippen molar-refractivity contribution in [2.75, 3.05) is 6.54 Å². The number of benzene rings is 1. The van der Waals surface area contributed by atoms with E-state index in [1.165, 1.54) is 5.56 Å². The van der Waals surface area contributed by atoms with Crippen LogP contribution >= 0.6 is 0 Å². The molecule has 0 amide bonds. The van der Waals surface area contributed by atoms with Gasteiger partial charge in [0.1, 0.15) is 0 Å². The lowest BCUT2D eigenvalue weighted by Crippen LogP contribution is -2.54. The Labute approximate surface area is 116 Å². The Morgan fingerprint density at radius 2 is 1.95 bits per heavy atom. The van der Waals surface area contributed by atoms with Crippen LogP contribution in [0.4, 0.5) is 0 Å². The van der Waals surface area contributed by atoms with Crippen LogP contribution in [-0.2, 0) is 6.54 Å². The summed E-state index contributed by atoms with van der Waals surface area (Å²) in [6.45, 7) is 6.04. The summed E-state index contributed by atoms with van der Waals surface area (Å²) in [5, 5.41) is 10.2. The van der Waals surface area contributed by atoms with Crippen molar-refractivity contribution in [1.82, 2.24) is 4.90 Å². The maximum atomic E-state index is 10.2. The quantitative estimate of drug-likeness (QED) is 0.872. The predicted octanol–water partition coefficient (Wildman–Crippen LogP) is 2.00. The normalized spacial score (nSPS) is 32.4. The number of aliphatic hydroxyl groups is 1. The lowest BCUT2D eigenvalue weighted by molar-refractivity contribution is -0.0446. The molecular formula is C16H26N2O. The highest BCUT2D eigenvalue weighted by molar-refractivity contribution is 5.15. The minimum atomic E-state index is -0.208. The van der Waals surface area contributed by atoms with Gasteiger partial charge in [0.15, 0.2) is 0 Å². The van der Waals surface area contributed by atoms with Crippen LogP contribution in [-0.4, -0.2) is 34.7 Å². The summed E-state index contributed by atoms with van der Waals surface area (Å²) in [6, 6.07) is 11.3. The smallest absolute Gasteiger partial charge is 0.0598 e. The maximum Gasteiger partial charge on any atom is 0.0598 e. The number of rotatable bonds is 4. The molecule has 2 unspecified atom stereocenters. The lowest BCUT2D eigenvalue weighted by atomic mass is 9.82. The highest BCUT2D eigenvalue weighted by atomic mass is 16.3. The molecule has 1 aromatic rings. The maximum absolute atomic E-state index is 10.2. The molecule has 0 saturated carbocycles. The van der Waals surface area contributed by atoms with Crippen molar-refractivity contribution in [3.8, 4) is 0 Å². The standard InChI is InChI=1S/C16H26N2O/c1-12-10-16(19)15(8-9-17)13(2)18(12)11-14-6-4-3-5-7-14/h3-7,12-13,15-16,19H,8-11,17H2,1-2H3/t12-,13+,15?,16?/m1/s1. The van der Waals surface area contributed by atoms with Crippen LogP contribution < -0.4 is 5.73 Å². The monoisotopic (exact) mass is 262 g/mol. The van der Waals surface area contributed by atoms with Gasteiger partial charge in [-0.2, -0.15) is 0 Å². The van der Waals surface area contributed by atoms with Crippen molar-refractivity contribution >= 4 is 0 Å². The summed E-state index contributed by atoms with van der Waals surface area (Å²) >= 11 is 0. The Bertz CT molecular complexity index is 382. The van der Waals surface area contributed by atoms with Crippen LogP contribution in [0.1, 0.15) is 32.3 Å². The molecule has 0 radical (unpaired) electrons. The third kappa shape index (κ3) is 3.35. The van der Waals surface area contributed by atoms with Gasteiger partial charge in [-0.3, -0.25) is 4.90 Å². The van der Waals surface area contributed by atoms with Crippen LogP contribution in [0.2, 0.25) is 0 Å². The van der Waals surface area contributed by atoms with Gasteiger partial charge >= 0.3 is 0 Å². The van der Waals surface area contributed by atoms with Gasteiger partial charge in [-0.1, -0.05) is 30.3 Å². The number of nitrogens with zero attached hydrogens (tertiary/aromatic N) is 1. The summed E-state index contributed by atoms with van der Waals surface area (Å²) < 4.78 is 0. The van der Waals surface area contributed by atoms with Crippen LogP contribution in [0.15, 0.2) is 30.3 Å². The van der Waals surface area contributed by atoms with Gasteiger partial charge in [0.25, 0.3) is 0 Å². The first-order valence-electron chi connectivity index (χ1n) is 7.31. The molecule has 0 aromatic heterocycles. The van der Waals surface area contributed by atoms with Crippen LogP contribution in [0.25, 0.3) is 0 Å². The molecule has 106 valence electrons. The van der Waals surface area contributed by atoms with E-state index in [1.807, 2.05) is 6.07 Å². The second kappa shape index (κ2) is 6.51. The van der Waals surface area contributed by atoms with E-state index in [1.54, 1.807) is 0 Å². The molecule has 1 aliphatic heterocycles. The zero-order valence-electron chi connectivity index (χ0n) is 12.0.